The third kappa shape index (κ3) is 3.72. The Balaban J connectivity index is 1.74. The van der Waals surface area contributed by atoms with Gasteiger partial charge in [-0.3, -0.25) is 4.79 Å². The average molecular weight is 260 g/mol. The van der Waals surface area contributed by atoms with Gasteiger partial charge in [-0.15, -0.1) is 0 Å². The number of para-hydroxylation sites is 1. The summed E-state index contributed by atoms with van der Waals surface area (Å²) in [5.74, 6) is 1.20. The van der Waals surface area contributed by atoms with Crippen LogP contribution in [0.25, 0.3) is 0 Å². The number of rotatable bonds is 6. The van der Waals surface area contributed by atoms with Crippen molar-refractivity contribution in [2.45, 2.75) is 39.0 Å². The van der Waals surface area contributed by atoms with Crippen LogP contribution in [0, 0.1) is 5.92 Å². The molecule has 1 aromatic rings. The maximum atomic E-state index is 11.7. The quantitative estimate of drug-likeness (QED) is 0.825. The van der Waals surface area contributed by atoms with Crippen LogP contribution in [0.5, 0.6) is 0 Å². The lowest BCUT2D eigenvalue weighted by molar-refractivity contribution is -0.121. The second-order valence-electron chi connectivity index (χ2n) is 5.52. The van der Waals surface area contributed by atoms with Crippen molar-refractivity contribution < 1.29 is 4.79 Å². The first kappa shape index (κ1) is 13.9. The van der Waals surface area contributed by atoms with Crippen LogP contribution in [0.1, 0.15) is 44.6 Å². The average Bonchev–Trinajstić information content (AvgIpc) is 2.82. The molecule has 3 nitrogen and oxygen atoms in total. The number of amides is 1. The van der Waals surface area contributed by atoms with Gasteiger partial charge in [0, 0.05) is 31.1 Å². The van der Waals surface area contributed by atoms with E-state index in [1.807, 2.05) is 0 Å². The molecule has 0 bridgehead atoms. The largest absolute Gasteiger partial charge is 0.384 e. The number of carbonyl (C=O) groups excluding carboxylic acids is 1. The summed E-state index contributed by atoms with van der Waals surface area (Å²) in [6.07, 6.45) is 2.72. The number of carbonyl (C=O) groups is 1. The van der Waals surface area contributed by atoms with Crippen molar-refractivity contribution in [2.24, 2.45) is 5.92 Å². The Morgan fingerprint density at radius 2 is 2.26 bits per heavy atom. The standard InChI is InChI=1S/C16H24N2O/c1-3-12(2)10-16(19)17-9-8-13-11-18-15-7-5-4-6-14(13)15/h4-7,12-13,18H,3,8-11H2,1-2H3,(H,17,19). The molecule has 1 amide bonds. The third-order valence-electron chi connectivity index (χ3n) is 3.99. The fraction of sp³-hybridized carbons (Fsp3) is 0.562. The van der Waals surface area contributed by atoms with Gasteiger partial charge in [-0.05, 0) is 24.0 Å². The van der Waals surface area contributed by atoms with Crippen molar-refractivity contribution >= 4 is 11.6 Å². The first-order chi connectivity index (χ1) is 9.20. The molecule has 19 heavy (non-hydrogen) atoms. The molecule has 1 aliphatic heterocycles. The van der Waals surface area contributed by atoms with E-state index in [1.165, 1.54) is 11.3 Å². The van der Waals surface area contributed by atoms with E-state index < -0.39 is 0 Å². The van der Waals surface area contributed by atoms with Gasteiger partial charge in [-0.1, -0.05) is 38.5 Å². The lowest BCUT2D eigenvalue weighted by Crippen LogP contribution is -2.27. The summed E-state index contributed by atoms with van der Waals surface area (Å²) >= 11 is 0. The monoisotopic (exact) mass is 260 g/mol. The Bertz CT molecular complexity index is 431. The summed E-state index contributed by atoms with van der Waals surface area (Å²) in [4.78, 5) is 11.7. The first-order valence-corrected chi connectivity index (χ1v) is 7.30. The van der Waals surface area contributed by atoms with Crippen LogP contribution in [-0.4, -0.2) is 19.0 Å². The zero-order valence-electron chi connectivity index (χ0n) is 11.9. The molecule has 2 atom stereocenters. The zero-order chi connectivity index (χ0) is 13.7. The normalized spacial score (nSPS) is 18.5. The topological polar surface area (TPSA) is 41.1 Å². The van der Waals surface area contributed by atoms with E-state index in [2.05, 4.69) is 48.7 Å². The molecule has 0 fully saturated rings. The van der Waals surface area contributed by atoms with E-state index in [4.69, 9.17) is 0 Å². The van der Waals surface area contributed by atoms with Crippen LogP contribution in [0.3, 0.4) is 0 Å². The predicted octanol–water partition coefficient (Wildman–Crippen LogP) is 3.14. The highest BCUT2D eigenvalue weighted by molar-refractivity contribution is 5.76. The number of hydrogen-bond acceptors (Lipinski definition) is 2. The van der Waals surface area contributed by atoms with Gasteiger partial charge in [0.1, 0.15) is 0 Å². The van der Waals surface area contributed by atoms with Gasteiger partial charge in [-0.25, -0.2) is 0 Å². The van der Waals surface area contributed by atoms with E-state index in [9.17, 15) is 4.79 Å². The van der Waals surface area contributed by atoms with Crippen LogP contribution >= 0.6 is 0 Å². The molecule has 1 aliphatic rings. The number of nitrogens with one attached hydrogen (secondary N) is 2. The SMILES string of the molecule is CCC(C)CC(=O)NCCC1CNc2ccccc21. The lowest BCUT2D eigenvalue weighted by Gasteiger charge is -2.12. The van der Waals surface area contributed by atoms with Crippen LogP contribution in [0.4, 0.5) is 5.69 Å². The highest BCUT2D eigenvalue weighted by atomic mass is 16.1. The fourth-order valence-electron chi connectivity index (χ4n) is 2.53. The van der Waals surface area contributed by atoms with Crippen molar-refractivity contribution in [1.29, 1.82) is 0 Å². The molecule has 3 heteroatoms. The van der Waals surface area contributed by atoms with Crippen molar-refractivity contribution in [3.63, 3.8) is 0 Å². The molecule has 2 unspecified atom stereocenters. The number of benzene rings is 1. The molecule has 0 aliphatic carbocycles. The molecule has 2 N–H and O–H groups in total. The molecule has 104 valence electrons. The predicted molar refractivity (Wildman–Crippen MR) is 79.4 cm³/mol. The Labute approximate surface area is 115 Å². The van der Waals surface area contributed by atoms with Crippen molar-refractivity contribution in [3.05, 3.63) is 29.8 Å². The summed E-state index contributed by atoms with van der Waals surface area (Å²) in [6, 6.07) is 8.44. The van der Waals surface area contributed by atoms with Crippen LogP contribution in [0.2, 0.25) is 0 Å². The van der Waals surface area contributed by atoms with Crippen molar-refractivity contribution in [2.75, 3.05) is 18.4 Å². The van der Waals surface area contributed by atoms with Crippen molar-refractivity contribution in [1.82, 2.24) is 5.32 Å². The van der Waals surface area contributed by atoms with Gasteiger partial charge >= 0.3 is 0 Å². The summed E-state index contributed by atoms with van der Waals surface area (Å²) in [7, 11) is 0. The Morgan fingerprint density at radius 3 is 3.05 bits per heavy atom. The minimum Gasteiger partial charge on any atom is -0.384 e. The van der Waals surface area contributed by atoms with E-state index in [0.717, 1.165) is 25.9 Å². The van der Waals surface area contributed by atoms with Crippen LogP contribution in [-0.2, 0) is 4.79 Å². The maximum Gasteiger partial charge on any atom is 0.220 e. The summed E-state index contributed by atoms with van der Waals surface area (Å²) in [5, 5.41) is 6.46. The van der Waals surface area contributed by atoms with Gasteiger partial charge < -0.3 is 10.6 Å². The molecule has 0 spiro atoms. The van der Waals surface area contributed by atoms with E-state index in [1.54, 1.807) is 0 Å². The molecule has 0 aromatic heterocycles. The molecule has 2 rings (SSSR count). The second-order valence-corrected chi connectivity index (χ2v) is 5.52. The van der Waals surface area contributed by atoms with Gasteiger partial charge in [0.2, 0.25) is 5.91 Å². The molecular weight excluding hydrogens is 236 g/mol. The molecule has 1 aromatic carbocycles. The molecule has 0 saturated heterocycles. The second kappa shape index (κ2) is 6.60. The zero-order valence-corrected chi connectivity index (χ0v) is 11.9. The molecule has 1 heterocycles. The summed E-state index contributed by atoms with van der Waals surface area (Å²) in [6.45, 7) is 6.01. The van der Waals surface area contributed by atoms with Crippen LogP contribution < -0.4 is 10.6 Å². The highest BCUT2D eigenvalue weighted by Crippen LogP contribution is 2.32. The van der Waals surface area contributed by atoms with Crippen LogP contribution in [0.15, 0.2) is 24.3 Å². The Morgan fingerprint density at radius 1 is 1.47 bits per heavy atom. The maximum absolute atomic E-state index is 11.7. The lowest BCUT2D eigenvalue weighted by atomic mass is 9.98. The van der Waals surface area contributed by atoms with Gasteiger partial charge in [0.05, 0.1) is 0 Å². The van der Waals surface area contributed by atoms with Crippen molar-refractivity contribution in [3.8, 4) is 0 Å². The molecular formula is C16H24N2O. The van der Waals surface area contributed by atoms with Gasteiger partial charge in [-0.2, -0.15) is 0 Å². The number of anilines is 1. The van der Waals surface area contributed by atoms with Gasteiger partial charge in [0.25, 0.3) is 0 Å². The van der Waals surface area contributed by atoms with E-state index in [0.29, 0.717) is 18.3 Å². The number of fused-ring (bicyclic) bond motifs is 1. The Hall–Kier alpha value is -1.51. The van der Waals surface area contributed by atoms with E-state index in [-0.39, 0.29) is 5.91 Å². The minimum atomic E-state index is 0.189. The smallest absolute Gasteiger partial charge is 0.220 e. The van der Waals surface area contributed by atoms with Gasteiger partial charge in [0.15, 0.2) is 0 Å². The molecule has 0 radical (unpaired) electrons. The third-order valence-corrected chi connectivity index (χ3v) is 3.99. The summed E-state index contributed by atoms with van der Waals surface area (Å²) < 4.78 is 0. The fourth-order valence-corrected chi connectivity index (χ4v) is 2.53. The van der Waals surface area contributed by atoms with E-state index >= 15 is 0 Å². The summed E-state index contributed by atoms with van der Waals surface area (Å²) in [5.41, 5.74) is 2.64. The minimum absolute atomic E-state index is 0.189. The Kier molecular flexibility index (Phi) is 4.83. The molecule has 0 saturated carbocycles. The number of hydrogen-bond donors (Lipinski definition) is 2. The first-order valence-electron chi connectivity index (χ1n) is 7.30. The highest BCUT2D eigenvalue weighted by Gasteiger charge is 2.21.